The van der Waals surface area contributed by atoms with Crippen LogP contribution in [-0.2, 0) is 10.0 Å². The summed E-state index contributed by atoms with van der Waals surface area (Å²) in [5, 5.41) is 3.57. The predicted molar refractivity (Wildman–Crippen MR) is 130 cm³/mol. The number of benzene rings is 2. The Labute approximate surface area is 198 Å². The average molecular weight is 487 g/mol. The second-order valence-electron chi connectivity index (χ2n) is 8.34. The molecule has 2 aromatic rings. The third-order valence-corrected chi connectivity index (χ3v) is 8.58. The molecule has 0 aromatic heterocycles. The molecule has 3 heterocycles. The summed E-state index contributed by atoms with van der Waals surface area (Å²) in [6, 6.07) is 13.6. The van der Waals surface area contributed by atoms with Crippen LogP contribution >= 0.6 is 11.8 Å². The number of carbonyl (C=O) groups excluding carboxylic acids is 1. The lowest BCUT2D eigenvalue weighted by Crippen LogP contribution is -2.37. The van der Waals surface area contributed by atoms with Gasteiger partial charge in [0.1, 0.15) is 5.75 Å². The van der Waals surface area contributed by atoms with E-state index in [-0.39, 0.29) is 17.7 Å². The van der Waals surface area contributed by atoms with Gasteiger partial charge >= 0.3 is 0 Å². The number of ether oxygens (including phenoxy) is 1. The van der Waals surface area contributed by atoms with Gasteiger partial charge in [0.15, 0.2) is 5.17 Å². The van der Waals surface area contributed by atoms with Crippen LogP contribution < -0.4 is 15.0 Å². The van der Waals surface area contributed by atoms with Crippen molar-refractivity contribution in [3.63, 3.8) is 0 Å². The molecule has 0 radical (unpaired) electrons. The molecule has 0 spiro atoms. The van der Waals surface area contributed by atoms with Crippen molar-refractivity contribution in [2.75, 3.05) is 43.9 Å². The summed E-state index contributed by atoms with van der Waals surface area (Å²) in [4.78, 5) is 18.2. The number of methoxy groups -OCH3 is 1. The Morgan fingerprint density at radius 3 is 2.64 bits per heavy atom. The van der Waals surface area contributed by atoms with Gasteiger partial charge in [0, 0.05) is 23.5 Å². The third-order valence-electron chi connectivity index (χ3n) is 6.27. The molecule has 0 bridgehead atoms. The lowest BCUT2D eigenvalue weighted by atomic mass is 10.0. The first-order valence-corrected chi connectivity index (χ1v) is 13.4. The lowest BCUT2D eigenvalue weighted by molar-refractivity contribution is 0.0937. The Bertz CT molecular complexity index is 1190. The van der Waals surface area contributed by atoms with Crippen molar-refractivity contribution in [3.8, 4) is 5.75 Å². The van der Waals surface area contributed by atoms with Gasteiger partial charge in [-0.05, 0) is 73.6 Å². The number of rotatable bonds is 6. The summed E-state index contributed by atoms with van der Waals surface area (Å²) < 4.78 is 32.8. The fourth-order valence-electron chi connectivity index (χ4n) is 4.50. The lowest BCUT2D eigenvalue weighted by Gasteiger charge is -2.28. The molecule has 10 heteroatoms. The molecule has 0 aliphatic carbocycles. The molecule has 1 fully saturated rings. The Morgan fingerprint density at radius 2 is 1.91 bits per heavy atom. The van der Waals surface area contributed by atoms with E-state index in [0.29, 0.717) is 23.8 Å². The Morgan fingerprint density at radius 1 is 1.15 bits per heavy atom. The number of hydrogen-bond donors (Lipinski definition) is 1. The summed E-state index contributed by atoms with van der Waals surface area (Å²) in [5.41, 5.74) is 2.61. The fourth-order valence-corrected chi connectivity index (χ4v) is 6.80. The van der Waals surface area contributed by atoms with Gasteiger partial charge in [0.25, 0.3) is 15.9 Å². The van der Waals surface area contributed by atoms with Gasteiger partial charge < -0.3 is 15.0 Å². The molecule has 1 atom stereocenters. The van der Waals surface area contributed by atoms with E-state index >= 15 is 0 Å². The van der Waals surface area contributed by atoms with E-state index in [2.05, 4.69) is 26.7 Å². The van der Waals surface area contributed by atoms with Gasteiger partial charge in [0.05, 0.1) is 24.6 Å². The second-order valence-corrected chi connectivity index (χ2v) is 11.1. The van der Waals surface area contributed by atoms with Crippen molar-refractivity contribution < 1.29 is 17.9 Å². The summed E-state index contributed by atoms with van der Waals surface area (Å²) in [5.74, 6) is 0.671. The molecule has 3 aliphatic rings. The number of hydrogen-bond acceptors (Lipinski definition) is 7. The number of fused-ring (bicyclic) bond motifs is 3. The summed E-state index contributed by atoms with van der Waals surface area (Å²) in [6.07, 6.45) is 2.33. The Hall–Kier alpha value is -2.56. The largest absolute Gasteiger partial charge is 0.497 e. The number of anilines is 1. The minimum Gasteiger partial charge on any atom is -0.497 e. The molecule has 33 heavy (non-hydrogen) atoms. The zero-order valence-corrected chi connectivity index (χ0v) is 20.0. The highest BCUT2D eigenvalue weighted by Crippen LogP contribution is 2.42. The maximum Gasteiger partial charge on any atom is 0.257 e. The third kappa shape index (κ3) is 4.60. The van der Waals surface area contributed by atoms with E-state index in [1.807, 2.05) is 29.2 Å². The van der Waals surface area contributed by atoms with Crippen molar-refractivity contribution in [2.24, 2.45) is 4.40 Å². The van der Waals surface area contributed by atoms with E-state index in [1.165, 1.54) is 24.6 Å². The van der Waals surface area contributed by atoms with Crippen molar-refractivity contribution in [2.45, 2.75) is 23.8 Å². The van der Waals surface area contributed by atoms with E-state index in [9.17, 15) is 13.2 Å². The van der Waals surface area contributed by atoms with Gasteiger partial charge in [0.2, 0.25) is 0 Å². The molecule has 0 saturated carbocycles. The van der Waals surface area contributed by atoms with Crippen molar-refractivity contribution in [1.82, 2.24) is 10.2 Å². The highest BCUT2D eigenvalue weighted by atomic mass is 32.2. The van der Waals surface area contributed by atoms with E-state index in [4.69, 9.17) is 4.74 Å². The zero-order chi connectivity index (χ0) is 23.0. The topological polar surface area (TPSA) is 91.3 Å². The number of thioether (sulfide) groups is 1. The van der Waals surface area contributed by atoms with Crippen LogP contribution in [0.5, 0.6) is 5.75 Å². The summed E-state index contributed by atoms with van der Waals surface area (Å²) >= 11 is 1.30. The van der Waals surface area contributed by atoms with Crippen LogP contribution in [0.4, 0.5) is 5.69 Å². The molecule has 8 nitrogen and oxygen atoms in total. The first-order chi connectivity index (χ1) is 15.9. The van der Waals surface area contributed by atoms with Gasteiger partial charge in [-0.25, -0.2) is 8.42 Å². The number of nitrogens with zero attached hydrogens (tertiary/aromatic N) is 3. The van der Waals surface area contributed by atoms with Crippen LogP contribution in [0.1, 0.15) is 34.8 Å². The Balaban J connectivity index is 1.31. The minimum atomic E-state index is -3.40. The fraction of sp³-hybridized carbons (Fsp3) is 0.391. The molecule has 1 N–H and O–H groups in total. The van der Waals surface area contributed by atoms with Crippen LogP contribution in [0.3, 0.4) is 0 Å². The van der Waals surface area contributed by atoms with Crippen LogP contribution in [0.2, 0.25) is 0 Å². The quantitative estimate of drug-likeness (QED) is 0.671. The monoisotopic (exact) mass is 486 g/mol. The van der Waals surface area contributed by atoms with E-state index in [1.54, 1.807) is 13.2 Å². The first kappa shape index (κ1) is 22.2. The van der Waals surface area contributed by atoms with Crippen molar-refractivity contribution >= 4 is 38.5 Å². The maximum atomic E-state index is 13.0. The van der Waals surface area contributed by atoms with Crippen LogP contribution in [0.25, 0.3) is 0 Å². The van der Waals surface area contributed by atoms with Gasteiger partial charge in [-0.2, -0.15) is 0 Å². The highest BCUT2D eigenvalue weighted by Gasteiger charge is 2.33. The molecular weight excluding hydrogens is 460 g/mol. The summed E-state index contributed by atoms with van der Waals surface area (Å²) in [6.45, 7) is 2.92. The first-order valence-electron chi connectivity index (χ1n) is 11.0. The molecular formula is C23H26N4O4S2. The molecule has 3 aliphatic heterocycles. The number of carbonyl (C=O) groups is 1. The zero-order valence-electron chi connectivity index (χ0n) is 18.4. The molecule has 174 valence electrons. The molecule has 2 aromatic carbocycles. The number of amides is 1. The molecule has 1 amide bonds. The van der Waals surface area contributed by atoms with Gasteiger partial charge in [-0.1, -0.05) is 12.1 Å². The molecule has 5 rings (SSSR count). The second kappa shape index (κ2) is 9.00. The number of amidine groups is 1. The normalized spacial score (nSPS) is 20.0. The standard InChI is InChI=1S/C23H26N4O4S2/c1-31-18-7-4-16(5-8-18)20(26-10-2-3-11-26)15-24-22(28)17-6-9-19-21(14-17)32-23-25-33(29,30)13-12-27(19)23/h4-9,14,20H,2-3,10-13,15H2,1H3,(H,24,28). The van der Waals surface area contributed by atoms with E-state index < -0.39 is 10.0 Å². The van der Waals surface area contributed by atoms with Crippen LogP contribution in [-0.4, -0.2) is 63.4 Å². The average Bonchev–Trinajstić information content (AvgIpc) is 3.46. The van der Waals surface area contributed by atoms with Crippen LogP contribution in [0.15, 0.2) is 51.8 Å². The SMILES string of the molecule is COc1ccc(C(CNC(=O)c2ccc3c(c2)SC2=NS(=O)(=O)CCN23)N2CCCC2)cc1. The van der Waals surface area contributed by atoms with Gasteiger partial charge in [-0.15, -0.1) is 4.40 Å². The number of sulfonamides is 1. The smallest absolute Gasteiger partial charge is 0.257 e. The molecule has 1 unspecified atom stereocenters. The predicted octanol–water partition coefficient (Wildman–Crippen LogP) is 2.87. The van der Waals surface area contributed by atoms with E-state index in [0.717, 1.165) is 35.0 Å². The Kier molecular flexibility index (Phi) is 6.07. The van der Waals surface area contributed by atoms with Crippen LogP contribution in [0, 0.1) is 0 Å². The maximum absolute atomic E-state index is 13.0. The van der Waals surface area contributed by atoms with Gasteiger partial charge in [-0.3, -0.25) is 9.69 Å². The number of likely N-dealkylation sites (tertiary alicyclic amines) is 1. The number of nitrogens with one attached hydrogen (secondary N) is 1. The highest BCUT2D eigenvalue weighted by molar-refractivity contribution is 8.15. The summed E-state index contributed by atoms with van der Waals surface area (Å²) in [7, 11) is -1.75. The van der Waals surface area contributed by atoms with Crippen molar-refractivity contribution in [1.29, 1.82) is 0 Å². The minimum absolute atomic E-state index is 0.00197. The van der Waals surface area contributed by atoms with Crippen molar-refractivity contribution in [3.05, 3.63) is 53.6 Å². The molecule has 1 saturated heterocycles.